The second kappa shape index (κ2) is 5.72. The van der Waals surface area contributed by atoms with Crippen LogP contribution in [0.25, 0.3) is 0 Å². The van der Waals surface area contributed by atoms with Crippen LogP contribution in [0.3, 0.4) is 0 Å². The molecular formula is C10H11F4NO2. The summed E-state index contributed by atoms with van der Waals surface area (Å²) in [6.07, 6.45) is -4.64. The third-order valence-electron chi connectivity index (χ3n) is 1.85. The predicted molar refractivity (Wildman–Crippen MR) is 53.4 cm³/mol. The van der Waals surface area contributed by atoms with Crippen LogP contribution >= 0.6 is 0 Å². The highest BCUT2D eigenvalue weighted by Gasteiger charge is 2.28. The molecule has 96 valence electrons. The fourth-order valence-electron chi connectivity index (χ4n) is 1.16. The van der Waals surface area contributed by atoms with Crippen molar-refractivity contribution in [1.82, 2.24) is 0 Å². The Morgan fingerprint density at radius 3 is 2.59 bits per heavy atom. The van der Waals surface area contributed by atoms with Gasteiger partial charge in [0.25, 0.3) is 0 Å². The summed E-state index contributed by atoms with van der Waals surface area (Å²) in [5, 5.41) is 2.65. The van der Waals surface area contributed by atoms with Crippen molar-refractivity contribution < 1.29 is 27.0 Å². The van der Waals surface area contributed by atoms with E-state index in [-0.39, 0.29) is 12.3 Å². The SMILES string of the molecule is COc1cc(F)ccc1NCCOC(F)(F)F. The molecule has 7 heteroatoms. The molecule has 0 aliphatic heterocycles. The zero-order chi connectivity index (χ0) is 12.9. The number of halogens is 4. The lowest BCUT2D eigenvalue weighted by atomic mass is 10.3. The molecular weight excluding hydrogens is 242 g/mol. The van der Waals surface area contributed by atoms with Crippen LogP contribution in [0.2, 0.25) is 0 Å². The Kier molecular flexibility index (Phi) is 4.56. The molecule has 0 fully saturated rings. The Morgan fingerprint density at radius 1 is 1.29 bits per heavy atom. The van der Waals surface area contributed by atoms with Gasteiger partial charge in [-0.25, -0.2) is 4.39 Å². The van der Waals surface area contributed by atoms with E-state index < -0.39 is 18.8 Å². The first-order valence-electron chi connectivity index (χ1n) is 4.70. The van der Waals surface area contributed by atoms with Crippen LogP contribution in [0.4, 0.5) is 23.2 Å². The van der Waals surface area contributed by atoms with Gasteiger partial charge < -0.3 is 10.1 Å². The molecule has 3 nitrogen and oxygen atoms in total. The molecule has 0 amide bonds. The molecule has 0 saturated carbocycles. The fraction of sp³-hybridized carbons (Fsp3) is 0.400. The molecule has 0 radical (unpaired) electrons. The van der Waals surface area contributed by atoms with Gasteiger partial charge in [-0.2, -0.15) is 0 Å². The molecule has 0 aromatic heterocycles. The lowest BCUT2D eigenvalue weighted by molar-refractivity contribution is -0.322. The number of hydrogen-bond acceptors (Lipinski definition) is 3. The third kappa shape index (κ3) is 4.90. The maximum atomic E-state index is 12.8. The first kappa shape index (κ1) is 13.6. The predicted octanol–water partition coefficient (Wildman–Crippen LogP) is 2.78. The standard InChI is InChI=1S/C10H11F4NO2/c1-16-9-6-7(11)2-3-8(9)15-4-5-17-10(12,13)14/h2-3,6,15H,4-5H2,1H3. The molecule has 17 heavy (non-hydrogen) atoms. The molecule has 0 atom stereocenters. The number of nitrogens with one attached hydrogen (secondary N) is 1. The Hall–Kier alpha value is -1.50. The molecule has 1 N–H and O–H groups in total. The van der Waals surface area contributed by atoms with Crippen LogP contribution in [0.5, 0.6) is 5.75 Å². The summed E-state index contributed by atoms with van der Waals surface area (Å²) in [6, 6.07) is 3.68. The van der Waals surface area contributed by atoms with E-state index in [1.165, 1.54) is 19.2 Å². The number of hydrogen-bond donors (Lipinski definition) is 1. The third-order valence-corrected chi connectivity index (χ3v) is 1.85. The summed E-state index contributed by atoms with van der Waals surface area (Å²) in [7, 11) is 1.34. The van der Waals surface area contributed by atoms with E-state index in [9.17, 15) is 17.6 Å². The summed E-state index contributed by atoms with van der Waals surface area (Å²) in [4.78, 5) is 0. The molecule has 0 aliphatic rings. The van der Waals surface area contributed by atoms with Crippen molar-refractivity contribution >= 4 is 5.69 Å². The van der Waals surface area contributed by atoms with Gasteiger partial charge >= 0.3 is 6.36 Å². The van der Waals surface area contributed by atoms with Gasteiger partial charge in [-0.1, -0.05) is 0 Å². The smallest absolute Gasteiger partial charge is 0.494 e. The van der Waals surface area contributed by atoms with Crippen molar-refractivity contribution in [1.29, 1.82) is 0 Å². The second-order valence-electron chi connectivity index (χ2n) is 3.07. The van der Waals surface area contributed by atoms with Crippen LogP contribution in [-0.2, 0) is 4.74 Å². The molecule has 0 aliphatic carbocycles. The lowest BCUT2D eigenvalue weighted by Crippen LogP contribution is -2.19. The first-order chi connectivity index (χ1) is 7.92. The van der Waals surface area contributed by atoms with Crippen molar-refractivity contribution in [3.8, 4) is 5.75 Å². The van der Waals surface area contributed by atoms with Gasteiger partial charge in [0.05, 0.1) is 19.4 Å². The monoisotopic (exact) mass is 253 g/mol. The molecule has 1 rings (SSSR count). The van der Waals surface area contributed by atoms with Crippen LogP contribution < -0.4 is 10.1 Å². The molecule has 0 bridgehead atoms. The fourth-order valence-corrected chi connectivity index (χ4v) is 1.16. The van der Waals surface area contributed by atoms with Gasteiger partial charge in [-0.05, 0) is 12.1 Å². The average molecular weight is 253 g/mol. The highest BCUT2D eigenvalue weighted by atomic mass is 19.4. The maximum absolute atomic E-state index is 12.8. The number of methoxy groups -OCH3 is 1. The minimum Gasteiger partial charge on any atom is -0.494 e. The van der Waals surface area contributed by atoms with Crippen molar-refractivity contribution in [2.75, 3.05) is 25.6 Å². The molecule has 0 heterocycles. The van der Waals surface area contributed by atoms with Crippen molar-refractivity contribution in [3.63, 3.8) is 0 Å². The van der Waals surface area contributed by atoms with Gasteiger partial charge in [-0.3, -0.25) is 4.74 Å². The van der Waals surface area contributed by atoms with E-state index in [0.717, 1.165) is 6.07 Å². The highest BCUT2D eigenvalue weighted by Crippen LogP contribution is 2.24. The Balaban J connectivity index is 2.46. The summed E-state index contributed by atoms with van der Waals surface area (Å²) >= 11 is 0. The summed E-state index contributed by atoms with van der Waals surface area (Å²) in [5.74, 6) is -0.268. The van der Waals surface area contributed by atoms with E-state index >= 15 is 0 Å². The van der Waals surface area contributed by atoms with Gasteiger partial charge in [0.15, 0.2) is 0 Å². The number of anilines is 1. The van der Waals surface area contributed by atoms with E-state index in [1.807, 2.05) is 0 Å². The number of rotatable bonds is 5. The molecule has 0 saturated heterocycles. The normalized spacial score (nSPS) is 11.4. The van der Waals surface area contributed by atoms with E-state index in [0.29, 0.717) is 5.69 Å². The number of alkyl halides is 3. The van der Waals surface area contributed by atoms with Crippen molar-refractivity contribution in [2.45, 2.75) is 6.36 Å². The summed E-state index contributed by atoms with van der Waals surface area (Å²) in [6.45, 7) is -0.606. The van der Waals surface area contributed by atoms with Gasteiger partial charge in [0.2, 0.25) is 0 Å². The van der Waals surface area contributed by atoms with E-state index in [1.54, 1.807) is 0 Å². The van der Waals surface area contributed by atoms with Crippen LogP contribution in [0.1, 0.15) is 0 Å². The molecule has 1 aromatic rings. The highest BCUT2D eigenvalue weighted by molar-refractivity contribution is 5.56. The largest absolute Gasteiger partial charge is 0.522 e. The summed E-state index contributed by atoms with van der Waals surface area (Å²) < 4.78 is 56.2. The molecule has 0 spiro atoms. The molecule has 1 aromatic carbocycles. The number of benzene rings is 1. The first-order valence-corrected chi connectivity index (χ1v) is 4.70. The minimum atomic E-state index is -4.64. The average Bonchev–Trinajstić information content (AvgIpc) is 2.24. The quantitative estimate of drug-likeness (QED) is 0.646. The topological polar surface area (TPSA) is 30.5 Å². The van der Waals surface area contributed by atoms with E-state index in [2.05, 4.69) is 10.1 Å². The van der Waals surface area contributed by atoms with Crippen molar-refractivity contribution in [3.05, 3.63) is 24.0 Å². The van der Waals surface area contributed by atoms with Gasteiger partial charge in [0.1, 0.15) is 11.6 Å². The minimum absolute atomic E-state index is 0.0680. The van der Waals surface area contributed by atoms with Gasteiger partial charge in [0, 0.05) is 12.6 Å². The zero-order valence-electron chi connectivity index (χ0n) is 8.97. The zero-order valence-corrected chi connectivity index (χ0v) is 8.97. The van der Waals surface area contributed by atoms with Crippen LogP contribution in [-0.4, -0.2) is 26.6 Å². The van der Waals surface area contributed by atoms with E-state index in [4.69, 9.17) is 4.74 Å². The number of ether oxygens (including phenoxy) is 2. The van der Waals surface area contributed by atoms with Crippen LogP contribution in [0, 0.1) is 5.82 Å². The lowest BCUT2D eigenvalue weighted by Gasteiger charge is -2.12. The Bertz CT molecular complexity index is 368. The second-order valence-corrected chi connectivity index (χ2v) is 3.07. The summed E-state index contributed by atoms with van der Waals surface area (Å²) in [5.41, 5.74) is 0.402. The molecule has 0 unspecified atom stereocenters. The Labute approximate surface area is 95.3 Å². The Morgan fingerprint density at radius 2 is 2.00 bits per heavy atom. The van der Waals surface area contributed by atoms with Crippen LogP contribution in [0.15, 0.2) is 18.2 Å². The van der Waals surface area contributed by atoms with Crippen molar-refractivity contribution in [2.24, 2.45) is 0 Å². The van der Waals surface area contributed by atoms with Gasteiger partial charge in [-0.15, -0.1) is 13.2 Å². The maximum Gasteiger partial charge on any atom is 0.522 e.